The molecule has 0 fully saturated rings. The van der Waals surface area contributed by atoms with Crippen LogP contribution in [0.5, 0.6) is 0 Å². The first-order valence-corrected chi connectivity index (χ1v) is 18.2. The first-order valence-electron chi connectivity index (χ1n) is 18.2. The summed E-state index contributed by atoms with van der Waals surface area (Å²) in [5, 5.41) is 7.55. The van der Waals surface area contributed by atoms with Crippen LogP contribution in [0, 0.1) is 6.92 Å². The molecule has 8 aromatic rings. The third-order valence-corrected chi connectivity index (χ3v) is 10.5. The number of hydrogen-bond acceptors (Lipinski definition) is 4. The molecule has 0 atom stereocenters. The van der Waals surface area contributed by atoms with E-state index in [0.29, 0.717) is 0 Å². The molecule has 0 unspecified atom stereocenters. The Bertz CT molecular complexity index is 2550. The van der Waals surface area contributed by atoms with E-state index in [0.717, 1.165) is 92.6 Å². The van der Waals surface area contributed by atoms with Gasteiger partial charge in [0.1, 0.15) is 11.2 Å². The number of pyridine rings is 2. The Labute approximate surface area is 308 Å². The van der Waals surface area contributed by atoms with Gasteiger partial charge in [-0.15, -0.1) is 0 Å². The van der Waals surface area contributed by atoms with Crippen molar-refractivity contribution >= 4 is 27.4 Å². The van der Waals surface area contributed by atoms with Crippen molar-refractivity contribution in [2.24, 2.45) is 0 Å². The summed E-state index contributed by atoms with van der Waals surface area (Å²) in [7, 11) is 0. The lowest BCUT2D eigenvalue weighted by Gasteiger charge is -2.37. The topological polar surface area (TPSA) is 66.8 Å². The molecule has 0 spiro atoms. The average Bonchev–Trinajstić information content (AvgIpc) is 3.57. The number of aryl methyl sites for hydroxylation is 1. The van der Waals surface area contributed by atoms with E-state index in [1.54, 1.807) is 0 Å². The minimum absolute atomic E-state index is 0.0823. The van der Waals surface area contributed by atoms with E-state index in [4.69, 9.17) is 5.10 Å². The maximum atomic E-state index is 14.0. The lowest BCUT2D eigenvalue weighted by atomic mass is 9.77. The first kappa shape index (κ1) is 32.5. The number of aromatic amines is 1. The second kappa shape index (κ2) is 13.6. The highest BCUT2D eigenvalue weighted by Crippen LogP contribution is 2.44. The Morgan fingerprint density at radius 1 is 0.736 bits per heavy atom. The summed E-state index contributed by atoms with van der Waals surface area (Å²) in [6, 6.07) is 52.8. The second-order valence-corrected chi connectivity index (χ2v) is 13.9. The number of nitrogens with zero attached hydrogens (tertiary/aromatic N) is 4. The van der Waals surface area contributed by atoms with Crippen LogP contribution in [0.25, 0.3) is 38.6 Å². The van der Waals surface area contributed by atoms with Crippen molar-refractivity contribution in [3.63, 3.8) is 0 Å². The van der Waals surface area contributed by atoms with Crippen molar-refractivity contribution in [3.8, 4) is 11.3 Å². The normalized spacial score (nSPS) is 13.7. The zero-order valence-corrected chi connectivity index (χ0v) is 29.6. The molecule has 0 amide bonds. The molecule has 0 saturated carbocycles. The molecule has 53 heavy (non-hydrogen) atoms. The van der Waals surface area contributed by atoms with Crippen molar-refractivity contribution in [3.05, 3.63) is 208 Å². The number of benzene rings is 5. The third-order valence-electron chi connectivity index (χ3n) is 10.5. The molecule has 0 radical (unpaired) electrons. The first-order chi connectivity index (χ1) is 26.1. The van der Waals surface area contributed by atoms with E-state index < -0.39 is 5.54 Å². The van der Waals surface area contributed by atoms with Gasteiger partial charge in [0, 0.05) is 48.0 Å². The molecule has 1 aliphatic heterocycles. The van der Waals surface area contributed by atoms with Gasteiger partial charge in [-0.2, -0.15) is 5.10 Å². The molecule has 5 aromatic carbocycles. The Morgan fingerprint density at radius 3 is 1.98 bits per heavy atom. The van der Waals surface area contributed by atoms with Gasteiger partial charge < -0.3 is 4.98 Å². The molecule has 6 heteroatoms. The van der Waals surface area contributed by atoms with Gasteiger partial charge in [-0.05, 0) is 76.9 Å². The largest absolute Gasteiger partial charge is 0.321 e. The summed E-state index contributed by atoms with van der Waals surface area (Å²) < 4.78 is 2.17. The highest BCUT2D eigenvalue weighted by Gasteiger charge is 2.41. The van der Waals surface area contributed by atoms with Crippen molar-refractivity contribution in [1.82, 2.24) is 24.6 Å². The van der Waals surface area contributed by atoms with Crippen molar-refractivity contribution in [2.45, 2.75) is 25.4 Å². The summed E-state index contributed by atoms with van der Waals surface area (Å²) in [5.41, 5.74) is 9.80. The maximum Gasteiger partial charge on any atom is 0.256 e. The maximum absolute atomic E-state index is 14.0. The standard InChI is InChI=1S/C47H39N5O/c1-33-27-35(24-25-48-33)45-42-29-37-28-41(36-17-14-26-51(32-36)31-34-15-6-2-7-16-34)46(53)49-43(37)30-44(42)52(50-45)47(38-18-8-3-9-19-38,39-20-10-4-11-21-39)40-22-12-5-13-23-40/h2-13,15-25,27-30H,14,26,31-32H2,1H3,(H,49,53). The highest BCUT2D eigenvalue weighted by atomic mass is 16.1. The Balaban J connectivity index is 1.29. The van der Waals surface area contributed by atoms with Crippen LogP contribution in [-0.2, 0) is 12.1 Å². The Kier molecular flexibility index (Phi) is 8.37. The average molecular weight is 690 g/mol. The van der Waals surface area contributed by atoms with Crippen LogP contribution in [0.2, 0.25) is 0 Å². The summed E-state index contributed by atoms with van der Waals surface area (Å²) in [6.07, 6.45) is 4.98. The number of hydrogen-bond donors (Lipinski definition) is 1. The second-order valence-electron chi connectivity index (χ2n) is 13.9. The number of rotatable bonds is 8. The van der Waals surface area contributed by atoms with Gasteiger partial charge >= 0.3 is 0 Å². The lowest BCUT2D eigenvalue weighted by Crippen LogP contribution is -2.38. The van der Waals surface area contributed by atoms with E-state index >= 15 is 0 Å². The van der Waals surface area contributed by atoms with Crippen LogP contribution < -0.4 is 5.56 Å². The zero-order valence-electron chi connectivity index (χ0n) is 29.6. The number of nitrogens with one attached hydrogen (secondary N) is 1. The quantitative estimate of drug-likeness (QED) is 0.162. The van der Waals surface area contributed by atoms with E-state index in [1.807, 2.05) is 25.3 Å². The van der Waals surface area contributed by atoms with Crippen LogP contribution in [0.1, 0.15) is 39.9 Å². The predicted octanol–water partition coefficient (Wildman–Crippen LogP) is 9.38. The van der Waals surface area contributed by atoms with Crippen LogP contribution >= 0.6 is 0 Å². The minimum Gasteiger partial charge on any atom is -0.321 e. The Hall–Kier alpha value is -6.37. The van der Waals surface area contributed by atoms with Gasteiger partial charge in [-0.1, -0.05) is 127 Å². The summed E-state index contributed by atoms with van der Waals surface area (Å²) in [4.78, 5) is 24.2. The zero-order chi connectivity index (χ0) is 35.8. The molecule has 258 valence electrons. The van der Waals surface area contributed by atoms with Crippen molar-refractivity contribution < 1.29 is 0 Å². The van der Waals surface area contributed by atoms with Crippen LogP contribution in [0.4, 0.5) is 0 Å². The fourth-order valence-electron chi connectivity index (χ4n) is 8.10. The number of fused-ring (bicyclic) bond motifs is 2. The minimum atomic E-state index is -0.842. The molecular weight excluding hydrogens is 651 g/mol. The fraction of sp³-hybridized carbons (Fsp3) is 0.128. The van der Waals surface area contributed by atoms with Crippen LogP contribution in [0.3, 0.4) is 0 Å². The van der Waals surface area contributed by atoms with Gasteiger partial charge in [0.25, 0.3) is 5.56 Å². The van der Waals surface area contributed by atoms with Gasteiger partial charge in [-0.25, -0.2) is 4.68 Å². The summed E-state index contributed by atoms with van der Waals surface area (Å²) in [6.45, 7) is 4.55. The molecule has 0 bridgehead atoms. The molecule has 0 saturated heterocycles. The van der Waals surface area contributed by atoms with E-state index in [2.05, 4.69) is 165 Å². The fourth-order valence-corrected chi connectivity index (χ4v) is 8.10. The molecule has 3 aromatic heterocycles. The summed E-state index contributed by atoms with van der Waals surface area (Å²) >= 11 is 0. The van der Waals surface area contributed by atoms with Crippen molar-refractivity contribution in [1.29, 1.82) is 0 Å². The molecule has 9 rings (SSSR count). The molecular formula is C47H39N5O. The highest BCUT2D eigenvalue weighted by molar-refractivity contribution is 6.02. The van der Waals surface area contributed by atoms with Gasteiger partial charge in [0.2, 0.25) is 0 Å². The smallest absolute Gasteiger partial charge is 0.256 e. The Morgan fingerprint density at radius 2 is 1.36 bits per heavy atom. The van der Waals surface area contributed by atoms with E-state index in [1.165, 1.54) is 5.56 Å². The molecule has 4 heterocycles. The molecule has 1 aliphatic rings. The molecule has 0 aliphatic carbocycles. The van der Waals surface area contributed by atoms with E-state index in [-0.39, 0.29) is 5.56 Å². The molecule has 1 N–H and O–H groups in total. The van der Waals surface area contributed by atoms with Crippen LogP contribution in [0.15, 0.2) is 169 Å². The lowest BCUT2D eigenvalue weighted by molar-refractivity contribution is 0.296. The number of H-pyrrole nitrogens is 1. The monoisotopic (exact) mass is 689 g/mol. The third kappa shape index (κ3) is 5.87. The summed E-state index contributed by atoms with van der Waals surface area (Å²) in [5.74, 6) is 0. The predicted molar refractivity (Wildman–Crippen MR) is 215 cm³/mol. The molecule has 6 nitrogen and oxygen atoms in total. The van der Waals surface area contributed by atoms with Crippen LogP contribution in [-0.4, -0.2) is 37.7 Å². The van der Waals surface area contributed by atoms with Gasteiger partial charge in [0.15, 0.2) is 0 Å². The van der Waals surface area contributed by atoms with E-state index in [9.17, 15) is 4.79 Å². The van der Waals surface area contributed by atoms with Crippen molar-refractivity contribution in [2.75, 3.05) is 13.1 Å². The van der Waals surface area contributed by atoms with Gasteiger partial charge in [-0.3, -0.25) is 14.7 Å². The number of aromatic nitrogens is 4. The SMILES string of the molecule is Cc1cc(-c2nn(C(c3ccccc3)(c3ccccc3)c3ccccc3)c3cc4[nH]c(=O)c(C5=CCCN(Cc6ccccc6)C5)cc4cc23)ccn1. The van der Waals surface area contributed by atoms with Gasteiger partial charge in [0.05, 0.1) is 11.0 Å².